The van der Waals surface area contributed by atoms with Crippen LogP contribution < -0.4 is 0 Å². The maximum absolute atomic E-state index is 12.9. The van der Waals surface area contributed by atoms with Crippen molar-refractivity contribution >= 4 is 9.76 Å². The summed E-state index contributed by atoms with van der Waals surface area (Å²) in [5, 5.41) is 0. The smallest absolute Gasteiger partial charge is 0.379 e. The van der Waals surface area contributed by atoms with Crippen LogP contribution in [0.4, 0.5) is 26.3 Å². The Morgan fingerprint density at radius 1 is 0.742 bits per heavy atom. The molecular formula is C21H32F6O3Si. The minimum absolute atomic E-state index is 0.0218. The molecule has 0 saturated heterocycles. The Morgan fingerprint density at radius 2 is 1.23 bits per heavy atom. The van der Waals surface area contributed by atoms with Gasteiger partial charge in [0.05, 0.1) is 23.3 Å². The summed E-state index contributed by atoms with van der Waals surface area (Å²) < 4.78 is 94.2. The standard InChI is InChI=1S/C21H32F6O3Si/c1-14(2)28-19(29-15(3)4)30-31-10-8-6-5-7-9-16-11-17(20(22,23)24)13-18(12-16)21(25,26)27/h11-15,19H,5-10,31H2,1-4H3. The Hall–Kier alpha value is -1.10. The van der Waals surface area contributed by atoms with Gasteiger partial charge in [0.25, 0.3) is 6.48 Å². The van der Waals surface area contributed by atoms with Gasteiger partial charge in [-0.3, -0.25) is 0 Å². The predicted molar refractivity (Wildman–Crippen MR) is 109 cm³/mol. The van der Waals surface area contributed by atoms with Crippen LogP contribution in [-0.4, -0.2) is 28.4 Å². The number of hydrogen-bond acceptors (Lipinski definition) is 3. The SMILES string of the molecule is CC(C)OC(O[SiH2]CCCCCCc1cc(C(F)(F)F)cc(C(F)(F)F)c1)OC(C)C. The summed E-state index contributed by atoms with van der Waals surface area (Å²) in [6, 6.07) is 2.66. The molecule has 0 aliphatic carbocycles. The fraction of sp³-hybridized carbons (Fsp3) is 0.714. The second kappa shape index (κ2) is 12.8. The number of aryl methyl sites for hydroxylation is 1. The Balaban J connectivity index is 2.40. The quantitative estimate of drug-likeness (QED) is 0.142. The first-order chi connectivity index (χ1) is 14.3. The van der Waals surface area contributed by atoms with E-state index >= 15 is 0 Å². The van der Waals surface area contributed by atoms with Crippen molar-refractivity contribution in [3.05, 3.63) is 34.9 Å². The molecule has 0 heterocycles. The van der Waals surface area contributed by atoms with E-state index in [0.717, 1.165) is 37.4 Å². The topological polar surface area (TPSA) is 27.7 Å². The third kappa shape index (κ3) is 11.9. The molecule has 31 heavy (non-hydrogen) atoms. The molecule has 1 aromatic rings. The van der Waals surface area contributed by atoms with E-state index in [4.69, 9.17) is 13.9 Å². The van der Waals surface area contributed by atoms with E-state index < -0.39 is 39.7 Å². The van der Waals surface area contributed by atoms with Gasteiger partial charge in [-0.1, -0.05) is 19.3 Å². The summed E-state index contributed by atoms with van der Waals surface area (Å²) in [6.07, 6.45) is -6.52. The van der Waals surface area contributed by atoms with Crippen molar-refractivity contribution in [1.29, 1.82) is 0 Å². The molecule has 0 aliphatic rings. The number of unbranched alkanes of at least 4 members (excludes halogenated alkanes) is 3. The molecule has 0 spiro atoms. The van der Waals surface area contributed by atoms with E-state index in [2.05, 4.69) is 0 Å². The molecular weight excluding hydrogens is 442 g/mol. The molecule has 0 unspecified atom stereocenters. The average molecular weight is 475 g/mol. The second-order valence-electron chi connectivity index (χ2n) is 7.96. The van der Waals surface area contributed by atoms with Gasteiger partial charge in [0.2, 0.25) is 0 Å². The molecule has 0 atom stereocenters. The van der Waals surface area contributed by atoms with Gasteiger partial charge in [-0.15, -0.1) is 0 Å². The zero-order valence-corrected chi connectivity index (χ0v) is 19.8. The van der Waals surface area contributed by atoms with Gasteiger partial charge in [-0.25, -0.2) is 0 Å². The molecule has 180 valence electrons. The van der Waals surface area contributed by atoms with Gasteiger partial charge < -0.3 is 13.9 Å². The Bertz CT molecular complexity index is 605. The van der Waals surface area contributed by atoms with Gasteiger partial charge in [0.15, 0.2) is 9.76 Å². The summed E-state index contributed by atoms with van der Waals surface area (Å²) in [4.78, 5) is 0. The zero-order chi connectivity index (χ0) is 23.7. The number of halogens is 6. The van der Waals surface area contributed by atoms with Crippen LogP contribution in [0.2, 0.25) is 6.04 Å². The molecule has 0 aliphatic heterocycles. The van der Waals surface area contributed by atoms with Crippen LogP contribution in [0.1, 0.15) is 70.1 Å². The summed E-state index contributed by atoms with van der Waals surface area (Å²) in [6.45, 7) is 6.90. The lowest BCUT2D eigenvalue weighted by Crippen LogP contribution is -2.28. The Kier molecular flexibility index (Phi) is 11.5. The van der Waals surface area contributed by atoms with Crippen LogP contribution in [-0.2, 0) is 32.7 Å². The van der Waals surface area contributed by atoms with Crippen molar-refractivity contribution in [2.24, 2.45) is 0 Å². The lowest BCUT2D eigenvalue weighted by molar-refractivity contribution is -0.275. The Morgan fingerprint density at radius 3 is 1.68 bits per heavy atom. The minimum atomic E-state index is -4.81. The molecule has 0 N–H and O–H groups in total. The summed E-state index contributed by atoms with van der Waals surface area (Å²) >= 11 is 0. The lowest BCUT2D eigenvalue weighted by atomic mass is 10.00. The first-order valence-corrected chi connectivity index (χ1v) is 12.1. The van der Waals surface area contributed by atoms with Crippen molar-refractivity contribution in [3.63, 3.8) is 0 Å². The maximum atomic E-state index is 12.9. The fourth-order valence-electron chi connectivity index (χ4n) is 2.86. The van der Waals surface area contributed by atoms with Crippen LogP contribution >= 0.6 is 0 Å². The second-order valence-corrected chi connectivity index (χ2v) is 9.41. The van der Waals surface area contributed by atoms with Crippen LogP contribution in [0.15, 0.2) is 18.2 Å². The normalized spacial score (nSPS) is 13.5. The zero-order valence-electron chi connectivity index (χ0n) is 18.4. The molecule has 0 amide bonds. The summed E-state index contributed by atoms with van der Waals surface area (Å²) in [5.41, 5.74) is -2.47. The van der Waals surface area contributed by atoms with E-state index in [1.807, 2.05) is 27.7 Å². The van der Waals surface area contributed by atoms with Crippen LogP contribution in [0.25, 0.3) is 0 Å². The van der Waals surface area contributed by atoms with Crippen molar-refractivity contribution in [2.45, 2.75) is 96.9 Å². The largest absolute Gasteiger partial charge is 0.416 e. The molecule has 3 nitrogen and oxygen atoms in total. The number of ether oxygens (including phenoxy) is 2. The third-order valence-electron chi connectivity index (χ3n) is 4.28. The molecule has 1 rings (SSSR count). The predicted octanol–water partition coefficient (Wildman–Crippen LogP) is 6.48. The average Bonchev–Trinajstić information content (AvgIpc) is 2.61. The number of rotatable bonds is 13. The third-order valence-corrected chi connectivity index (χ3v) is 5.57. The van der Waals surface area contributed by atoms with Gasteiger partial charge in [-0.2, -0.15) is 26.3 Å². The highest BCUT2D eigenvalue weighted by molar-refractivity contribution is 6.27. The highest BCUT2D eigenvalue weighted by Gasteiger charge is 2.36. The van der Waals surface area contributed by atoms with E-state index in [0.29, 0.717) is 6.42 Å². The van der Waals surface area contributed by atoms with E-state index in [1.54, 1.807) is 0 Å². The molecule has 0 fully saturated rings. The van der Waals surface area contributed by atoms with Crippen LogP contribution in [0, 0.1) is 0 Å². The first kappa shape index (κ1) is 27.9. The highest BCUT2D eigenvalue weighted by atomic mass is 28.2. The molecule has 0 saturated carbocycles. The summed E-state index contributed by atoms with van der Waals surface area (Å²) in [7, 11) is -0.849. The Labute approximate surface area is 182 Å². The van der Waals surface area contributed by atoms with Crippen LogP contribution in [0.5, 0.6) is 0 Å². The van der Waals surface area contributed by atoms with Crippen LogP contribution in [0.3, 0.4) is 0 Å². The number of alkyl halides is 6. The van der Waals surface area contributed by atoms with Crippen molar-refractivity contribution < 1.29 is 40.2 Å². The maximum Gasteiger partial charge on any atom is 0.416 e. The number of benzene rings is 1. The highest BCUT2D eigenvalue weighted by Crippen LogP contribution is 2.36. The fourth-order valence-corrected chi connectivity index (χ4v) is 3.93. The van der Waals surface area contributed by atoms with E-state index in [9.17, 15) is 26.3 Å². The van der Waals surface area contributed by atoms with Gasteiger partial charge in [0, 0.05) is 0 Å². The van der Waals surface area contributed by atoms with E-state index in [1.165, 1.54) is 0 Å². The summed E-state index contributed by atoms with van der Waals surface area (Å²) in [5.74, 6) is 0. The van der Waals surface area contributed by atoms with Gasteiger partial charge in [-0.05, 0) is 70.3 Å². The number of hydrogen-bond donors (Lipinski definition) is 0. The minimum Gasteiger partial charge on any atom is -0.379 e. The molecule has 0 aromatic heterocycles. The van der Waals surface area contributed by atoms with Crippen molar-refractivity contribution in [3.8, 4) is 0 Å². The van der Waals surface area contributed by atoms with E-state index in [-0.39, 0.29) is 30.3 Å². The van der Waals surface area contributed by atoms with Crippen molar-refractivity contribution in [1.82, 2.24) is 0 Å². The van der Waals surface area contributed by atoms with Gasteiger partial charge in [0.1, 0.15) is 0 Å². The van der Waals surface area contributed by atoms with Crippen molar-refractivity contribution in [2.75, 3.05) is 0 Å². The molecule has 0 bridgehead atoms. The lowest BCUT2D eigenvalue weighted by Gasteiger charge is -2.23. The first-order valence-electron chi connectivity index (χ1n) is 10.5. The molecule has 0 radical (unpaired) electrons. The monoisotopic (exact) mass is 474 g/mol. The molecule has 10 heteroatoms. The molecule has 1 aromatic carbocycles. The van der Waals surface area contributed by atoms with Gasteiger partial charge >= 0.3 is 12.4 Å².